The van der Waals surface area contributed by atoms with Gasteiger partial charge in [0.25, 0.3) is 0 Å². The van der Waals surface area contributed by atoms with Crippen molar-refractivity contribution in [2.45, 2.75) is 32.1 Å². The molecule has 0 spiro atoms. The zero-order valence-corrected chi connectivity index (χ0v) is 13.9. The molecule has 6 nitrogen and oxygen atoms in total. The highest BCUT2D eigenvalue weighted by Gasteiger charge is 2.28. The van der Waals surface area contributed by atoms with Crippen LogP contribution in [-0.4, -0.2) is 48.2 Å². The summed E-state index contributed by atoms with van der Waals surface area (Å²) in [6.07, 6.45) is 4.99. The maximum absolute atomic E-state index is 12.6. The lowest BCUT2D eigenvalue weighted by atomic mass is 9.99. The molecule has 2 amide bonds. The fraction of sp³-hybridized carbons (Fsp3) is 0.556. The molecule has 1 aromatic carbocycles. The van der Waals surface area contributed by atoms with Crippen LogP contribution in [0, 0.1) is 5.92 Å². The summed E-state index contributed by atoms with van der Waals surface area (Å²) in [6.45, 7) is 2.92. The summed E-state index contributed by atoms with van der Waals surface area (Å²) >= 11 is 0. The second kappa shape index (κ2) is 7.55. The lowest BCUT2D eigenvalue weighted by Crippen LogP contribution is -2.44. The van der Waals surface area contributed by atoms with E-state index in [1.54, 1.807) is 4.90 Å². The Morgan fingerprint density at radius 3 is 2.54 bits per heavy atom. The van der Waals surface area contributed by atoms with Crippen molar-refractivity contribution < 1.29 is 14.7 Å². The molecule has 2 aliphatic rings. The molecule has 0 aliphatic carbocycles. The molecule has 130 valence electrons. The van der Waals surface area contributed by atoms with Crippen molar-refractivity contribution in [2.24, 2.45) is 5.92 Å². The minimum absolute atomic E-state index is 0.203. The Kier molecular flexibility index (Phi) is 5.23. The van der Waals surface area contributed by atoms with E-state index in [4.69, 9.17) is 0 Å². The van der Waals surface area contributed by atoms with Crippen molar-refractivity contribution in [2.75, 3.05) is 36.4 Å². The van der Waals surface area contributed by atoms with Gasteiger partial charge in [-0.25, -0.2) is 4.79 Å². The van der Waals surface area contributed by atoms with Crippen LogP contribution in [0.1, 0.15) is 32.1 Å². The summed E-state index contributed by atoms with van der Waals surface area (Å²) in [4.78, 5) is 27.7. The van der Waals surface area contributed by atoms with E-state index in [1.165, 1.54) is 19.3 Å². The highest BCUT2D eigenvalue weighted by Crippen LogP contribution is 2.29. The predicted molar refractivity (Wildman–Crippen MR) is 93.5 cm³/mol. The molecule has 2 saturated heterocycles. The Bertz CT molecular complexity index is 599. The van der Waals surface area contributed by atoms with Crippen molar-refractivity contribution in [3.8, 4) is 0 Å². The largest absolute Gasteiger partial charge is 0.481 e. The third-order valence-electron chi connectivity index (χ3n) is 4.90. The third-order valence-corrected chi connectivity index (χ3v) is 4.90. The Morgan fingerprint density at radius 2 is 1.79 bits per heavy atom. The number of amides is 2. The number of para-hydroxylation sites is 2. The first-order valence-electron chi connectivity index (χ1n) is 8.78. The summed E-state index contributed by atoms with van der Waals surface area (Å²) in [6, 6.07) is 7.66. The minimum atomic E-state index is -0.818. The molecule has 1 aromatic rings. The van der Waals surface area contributed by atoms with Crippen LogP contribution < -0.4 is 10.2 Å². The van der Waals surface area contributed by atoms with Gasteiger partial charge in [-0.3, -0.25) is 4.79 Å². The molecule has 0 saturated carbocycles. The summed E-state index contributed by atoms with van der Waals surface area (Å²) in [5.41, 5.74) is 1.86. The lowest BCUT2D eigenvalue weighted by molar-refractivity contribution is -0.143. The number of anilines is 2. The van der Waals surface area contributed by atoms with Gasteiger partial charge in [0.15, 0.2) is 0 Å². The van der Waals surface area contributed by atoms with Gasteiger partial charge in [0.05, 0.1) is 17.3 Å². The van der Waals surface area contributed by atoms with E-state index < -0.39 is 11.9 Å². The van der Waals surface area contributed by atoms with E-state index in [9.17, 15) is 14.7 Å². The molecule has 6 heteroatoms. The number of urea groups is 1. The van der Waals surface area contributed by atoms with Gasteiger partial charge in [-0.05, 0) is 44.2 Å². The van der Waals surface area contributed by atoms with Gasteiger partial charge in [0, 0.05) is 26.2 Å². The molecule has 2 fully saturated rings. The van der Waals surface area contributed by atoms with Crippen LogP contribution in [0.4, 0.5) is 16.2 Å². The maximum atomic E-state index is 12.6. The Labute approximate surface area is 142 Å². The van der Waals surface area contributed by atoms with E-state index in [1.807, 2.05) is 24.3 Å². The van der Waals surface area contributed by atoms with Crippen LogP contribution in [-0.2, 0) is 4.79 Å². The van der Waals surface area contributed by atoms with Gasteiger partial charge in [-0.15, -0.1) is 0 Å². The zero-order valence-electron chi connectivity index (χ0n) is 13.9. The molecule has 1 atom stereocenters. The highest BCUT2D eigenvalue weighted by molar-refractivity contribution is 5.93. The van der Waals surface area contributed by atoms with E-state index in [-0.39, 0.29) is 12.6 Å². The fourth-order valence-electron chi connectivity index (χ4n) is 3.55. The Balaban J connectivity index is 1.69. The van der Waals surface area contributed by atoms with Gasteiger partial charge in [-0.2, -0.15) is 0 Å². The zero-order chi connectivity index (χ0) is 16.9. The summed E-state index contributed by atoms with van der Waals surface area (Å²) in [7, 11) is 0. The second-order valence-corrected chi connectivity index (χ2v) is 6.62. The molecule has 0 aromatic heterocycles. The van der Waals surface area contributed by atoms with Gasteiger partial charge < -0.3 is 20.2 Å². The van der Waals surface area contributed by atoms with E-state index in [0.29, 0.717) is 13.0 Å². The molecular weight excluding hydrogens is 306 g/mol. The topological polar surface area (TPSA) is 72.9 Å². The van der Waals surface area contributed by atoms with Crippen LogP contribution in [0.2, 0.25) is 0 Å². The monoisotopic (exact) mass is 331 g/mol. The first kappa shape index (κ1) is 16.6. The number of nitrogens with one attached hydrogen (secondary N) is 1. The average Bonchev–Trinajstić information content (AvgIpc) is 2.63. The lowest BCUT2D eigenvalue weighted by Gasteiger charge is -2.33. The molecule has 24 heavy (non-hydrogen) atoms. The number of carboxylic acids is 1. The number of benzene rings is 1. The quantitative estimate of drug-likeness (QED) is 0.893. The number of rotatable bonds is 3. The Hall–Kier alpha value is -2.24. The van der Waals surface area contributed by atoms with E-state index >= 15 is 0 Å². The number of carbonyl (C=O) groups is 2. The standard InChI is InChI=1S/C18H25N3O3/c22-17(23)14-7-6-12-21(13-14)18(24)19-15-8-2-3-9-16(15)20-10-4-1-5-11-20/h2-3,8-9,14H,1,4-7,10-13H2,(H,19,24)(H,22,23). The summed E-state index contributed by atoms with van der Waals surface area (Å²) in [5, 5.41) is 12.2. The number of carboxylic acid groups (broad SMARTS) is 1. The van der Waals surface area contributed by atoms with Crippen molar-refractivity contribution in [3.63, 3.8) is 0 Å². The van der Waals surface area contributed by atoms with E-state index in [0.717, 1.165) is 30.9 Å². The third kappa shape index (κ3) is 3.80. The summed E-state index contributed by atoms with van der Waals surface area (Å²) < 4.78 is 0. The van der Waals surface area contributed by atoms with Crippen molar-refractivity contribution in [3.05, 3.63) is 24.3 Å². The maximum Gasteiger partial charge on any atom is 0.321 e. The van der Waals surface area contributed by atoms with Gasteiger partial charge >= 0.3 is 12.0 Å². The first-order valence-corrected chi connectivity index (χ1v) is 8.78. The number of nitrogens with zero attached hydrogens (tertiary/aromatic N) is 2. The van der Waals surface area contributed by atoms with Gasteiger partial charge in [0.2, 0.25) is 0 Å². The van der Waals surface area contributed by atoms with Crippen molar-refractivity contribution >= 4 is 23.4 Å². The molecule has 2 N–H and O–H groups in total. The Morgan fingerprint density at radius 1 is 1.04 bits per heavy atom. The van der Waals surface area contributed by atoms with Crippen LogP contribution in [0.15, 0.2) is 24.3 Å². The number of piperidine rings is 2. The normalized spacial score (nSPS) is 21.4. The number of aliphatic carboxylic acids is 1. The molecule has 2 heterocycles. The van der Waals surface area contributed by atoms with Crippen LogP contribution in [0.25, 0.3) is 0 Å². The predicted octanol–water partition coefficient (Wildman–Crippen LogP) is 3.01. The van der Waals surface area contributed by atoms with Crippen molar-refractivity contribution in [1.29, 1.82) is 0 Å². The number of hydrogen-bond acceptors (Lipinski definition) is 3. The molecule has 3 rings (SSSR count). The number of carbonyl (C=O) groups excluding carboxylic acids is 1. The first-order chi connectivity index (χ1) is 11.6. The molecule has 1 unspecified atom stereocenters. The molecular formula is C18H25N3O3. The van der Waals surface area contributed by atoms with Crippen LogP contribution in [0.5, 0.6) is 0 Å². The molecule has 0 radical (unpaired) electrons. The SMILES string of the molecule is O=C(O)C1CCCN(C(=O)Nc2ccccc2N2CCCCC2)C1. The number of likely N-dealkylation sites (tertiary alicyclic amines) is 1. The highest BCUT2D eigenvalue weighted by atomic mass is 16.4. The smallest absolute Gasteiger partial charge is 0.321 e. The fourth-order valence-corrected chi connectivity index (χ4v) is 3.55. The minimum Gasteiger partial charge on any atom is -0.481 e. The molecule has 0 bridgehead atoms. The van der Waals surface area contributed by atoms with Crippen LogP contribution in [0.3, 0.4) is 0 Å². The van der Waals surface area contributed by atoms with Gasteiger partial charge in [0.1, 0.15) is 0 Å². The average molecular weight is 331 g/mol. The van der Waals surface area contributed by atoms with Crippen LogP contribution >= 0.6 is 0 Å². The van der Waals surface area contributed by atoms with Crippen molar-refractivity contribution in [1.82, 2.24) is 4.90 Å². The molecule has 2 aliphatic heterocycles. The van der Waals surface area contributed by atoms with Gasteiger partial charge in [-0.1, -0.05) is 12.1 Å². The van der Waals surface area contributed by atoms with E-state index in [2.05, 4.69) is 10.2 Å². The number of hydrogen-bond donors (Lipinski definition) is 2. The summed E-state index contributed by atoms with van der Waals surface area (Å²) in [5.74, 6) is -1.27. The second-order valence-electron chi connectivity index (χ2n) is 6.62.